The van der Waals surface area contributed by atoms with E-state index in [4.69, 9.17) is 9.47 Å². The number of nitrogens with one attached hydrogen (secondary N) is 1. The first-order valence-corrected chi connectivity index (χ1v) is 11.1. The Morgan fingerprint density at radius 1 is 0.821 bits per heavy atom. The lowest BCUT2D eigenvalue weighted by Crippen LogP contribution is -2.37. The van der Waals surface area contributed by atoms with E-state index in [2.05, 4.69) is 19.2 Å². The Hall–Kier alpha value is -1.59. The predicted octanol–water partition coefficient (Wildman–Crippen LogP) is 4.40. The van der Waals surface area contributed by atoms with Gasteiger partial charge >= 0.3 is 11.9 Å². The number of rotatable bonds is 16. The van der Waals surface area contributed by atoms with Crippen LogP contribution in [0.1, 0.15) is 92.4 Å². The SMILES string of the molecule is CCCC[C@@H](CC)C(=O)OCCCNC(=O)[C@H](C)OC(=O)[C@@H](CC)CCCC. The fraction of sp³-hybridized carbons (Fsp3) is 0.864. The lowest BCUT2D eigenvalue weighted by molar-refractivity contribution is -0.159. The van der Waals surface area contributed by atoms with Gasteiger partial charge in [0.2, 0.25) is 0 Å². The van der Waals surface area contributed by atoms with Gasteiger partial charge in [-0.05, 0) is 39.0 Å². The molecule has 0 aliphatic heterocycles. The first-order chi connectivity index (χ1) is 13.4. The molecule has 0 bridgehead atoms. The Morgan fingerprint density at radius 2 is 1.36 bits per heavy atom. The van der Waals surface area contributed by atoms with Gasteiger partial charge in [0.05, 0.1) is 18.4 Å². The van der Waals surface area contributed by atoms with Gasteiger partial charge in [-0.3, -0.25) is 14.4 Å². The fourth-order valence-electron chi connectivity index (χ4n) is 2.92. The molecule has 6 nitrogen and oxygen atoms in total. The lowest BCUT2D eigenvalue weighted by Gasteiger charge is -2.18. The molecule has 0 aromatic carbocycles. The maximum atomic E-state index is 12.2. The van der Waals surface area contributed by atoms with Crippen LogP contribution < -0.4 is 5.32 Å². The number of hydrogen-bond donors (Lipinski definition) is 1. The molecule has 0 aliphatic carbocycles. The lowest BCUT2D eigenvalue weighted by atomic mass is 10.00. The van der Waals surface area contributed by atoms with Gasteiger partial charge in [0.25, 0.3) is 5.91 Å². The van der Waals surface area contributed by atoms with E-state index in [0.717, 1.165) is 51.4 Å². The summed E-state index contributed by atoms with van der Waals surface area (Å²) in [5.41, 5.74) is 0. The molecule has 0 fully saturated rings. The summed E-state index contributed by atoms with van der Waals surface area (Å²) in [5, 5.41) is 2.73. The third-order valence-corrected chi connectivity index (χ3v) is 4.99. The highest BCUT2D eigenvalue weighted by atomic mass is 16.5. The third kappa shape index (κ3) is 11.3. The van der Waals surface area contributed by atoms with Crippen LogP contribution in [0.4, 0.5) is 0 Å². The molecule has 3 atom stereocenters. The third-order valence-electron chi connectivity index (χ3n) is 4.99. The summed E-state index contributed by atoms with van der Waals surface area (Å²) in [5.74, 6) is -0.950. The number of hydrogen-bond acceptors (Lipinski definition) is 5. The quantitative estimate of drug-likeness (QED) is 0.307. The summed E-state index contributed by atoms with van der Waals surface area (Å²) in [6.07, 6.45) is 6.98. The number of unbranched alkanes of at least 4 members (excludes halogenated alkanes) is 2. The molecule has 28 heavy (non-hydrogen) atoms. The molecular formula is C22H41NO5. The average molecular weight is 400 g/mol. The van der Waals surface area contributed by atoms with Crippen LogP contribution in [0.3, 0.4) is 0 Å². The minimum Gasteiger partial charge on any atom is -0.465 e. The van der Waals surface area contributed by atoms with E-state index >= 15 is 0 Å². The maximum absolute atomic E-state index is 12.2. The van der Waals surface area contributed by atoms with Crippen LogP contribution in [0.25, 0.3) is 0 Å². The van der Waals surface area contributed by atoms with E-state index in [0.29, 0.717) is 13.0 Å². The minimum absolute atomic E-state index is 0.0341. The normalized spacial score (nSPS) is 14.0. The number of amides is 1. The average Bonchev–Trinajstić information content (AvgIpc) is 2.68. The molecule has 164 valence electrons. The number of ether oxygens (including phenoxy) is 2. The molecule has 0 aromatic rings. The molecule has 0 aromatic heterocycles. The van der Waals surface area contributed by atoms with Gasteiger partial charge < -0.3 is 14.8 Å². The smallest absolute Gasteiger partial charge is 0.309 e. The van der Waals surface area contributed by atoms with E-state index < -0.39 is 6.10 Å². The van der Waals surface area contributed by atoms with Crippen molar-refractivity contribution in [2.75, 3.05) is 13.2 Å². The Bertz CT molecular complexity index is 452. The molecule has 0 spiro atoms. The van der Waals surface area contributed by atoms with Crippen LogP contribution >= 0.6 is 0 Å². The van der Waals surface area contributed by atoms with Gasteiger partial charge in [0.15, 0.2) is 6.10 Å². The van der Waals surface area contributed by atoms with Gasteiger partial charge in [-0.15, -0.1) is 0 Å². The van der Waals surface area contributed by atoms with Crippen LogP contribution in [0.5, 0.6) is 0 Å². The van der Waals surface area contributed by atoms with Crippen LogP contribution in [0, 0.1) is 11.8 Å². The summed E-state index contributed by atoms with van der Waals surface area (Å²) in [7, 11) is 0. The standard InChI is InChI=1S/C22H41NO5/c1-6-10-13-18(8-3)21(25)27-16-12-15-23-20(24)17(5)28-22(26)19(9-4)14-11-7-2/h17-19H,6-16H2,1-5H3,(H,23,24)/t17-,18+,19-/m0/s1. The van der Waals surface area contributed by atoms with E-state index in [1.807, 2.05) is 13.8 Å². The highest BCUT2D eigenvalue weighted by Crippen LogP contribution is 2.16. The molecule has 0 heterocycles. The molecule has 6 heteroatoms. The Morgan fingerprint density at radius 3 is 1.86 bits per heavy atom. The van der Waals surface area contributed by atoms with Crippen molar-refractivity contribution in [1.29, 1.82) is 0 Å². The largest absolute Gasteiger partial charge is 0.465 e. The topological polar surface area (TPSA) is 81.7 Å². The molecule has 0 unspecified atom stereocenters. The summed E-state index contributed by atoms with van der Waals surface area (Å²) >= 11 is 0. The summed E-state index contributed by atoms with van der Waals surface area (Å²) in [4.78, 5) is 36.2. The zero-order valence-corrected chi connectivity index (χ0v) is 18.6. The van der Waals surface area contributed by atoms with Crippen molar-refractivity contribution >= 4 is 17.8 Å². The van der Waals surface area contributed by atoms with Gasteiger partial charge in [0.1, 0.15) is 0 Å². The maximum Gasteiger partial charge on any atom is 0.309 e. The zero-order valence-electron chi connectivity index (χ0n) is 18.6. The Kier molecular flexibility index (Phi) is 15.4. The van der Waals surface area contributed by atoms with E-state index in [1.165, 1.54) is 0 Å². The minimum atomic E-state index is -0.816. The van der Waals surface area contributed by atoms with Crippen molar-refractivity contribution in [1.82, 2.24) is 5.32 Å². The second kappa shape index (κ2) is 16.4. The number of carbonyl (C=O) groups excluding carboxylic acids is 3. The fourth-order valence-corrected chi connectivity index (χ4v) is 2.92. The van der Waals surface area contributed by atoms with Crippen molar-refractivity contribution in [2.45, 2.75) is 98.5 Å². The van der Waals surface area contributed by atoms with Crippen molar-refractivity contribution in [3.05, 3.63) is 0 Å². The van der Waals surface area contributed by atoms with Gasteiger partial charge in [0, 0.05) is 6.54 Å². The van der Waals surface area contributed by atoms with Gasteiger partial charge in [-0.25, -0.2) is 0 Å². The number of carbonyl (C=O) groups is 3. The Labute approximate surface area is 171 Å². The highest BCUT2D eigenvalue weighted by molar-refractivity contribution is 5.83. The van der Waals surface area contributed by atoms with Crippen LogP contribution in [0.2, 0.25) is 0 Å². The number of esters is 2. The van der Waals surface area contributed by atoms with Crippen LogP contribution in [-0.4, -0.2) is 37.1 Å². The molecule has 0 radical (unpaired) electrons. The Balaban J connectivity index is 4.07. The monoisotopic (exact) mass is 399 g/mol. The molecule has 0 aliphatic rings. The van der Waals surface area contributed by atoms with E-state index in [1.54, 1.807) is 6.92 Å². The van der Waals surface area contributed by atoms with E-state index in [-0.39, 0.29) is 36.3 Å². The summed E-state index contributed by atoms with van der Waals surface area (Å²) in [6.45, 7) is 10.4. The highest BCUT2D eigenvalue weighted by Gasteiger charge is 2.23. The molecule has 1 N–H and O–H groups in total. The summed E-state index contributed by atoms with van der Waals surface area (Å²) < 4.78 is 10.6. The first-order valence-electron chi connectivity index (χ1n) is 11.1. The molecule has 0 saturated heterocycles. The van der Waals surface area contributed by atoms with Crippen molar-refractivity contribution < 1.29 is 23.9 Å². The molecule has 0 saturated carbocycles. The second-order valence-electron chi connectivity index (χ2n) is 7.39. The van der Waals surface area contributed by atoms with Crippen LogP contribution in [-0.2, 0) is 23.9 Å². The molecular weight excluding hydrogens is 358 g/mol. The molecule has 1 amide bonds. The van der Waals surface area contributed by atoms with E-state index in [9.17, 15) is 14.4 Å². The zero-order chi connectivity index (χ0) is 21.4. The second-order valence-corrected chi connectivity index (χ2v) is 7.39. The summed E-state index contributed by atoms with van der Waals surface area (Å²) in [6, 6.07) is 0. The van der Waals surface area contributed by atoms with Gasteiger partial charge in [-0.2, -0.15) is 0 Å². The molecule has 0 rings (SSSR count). The van der Waals surface area contributed by atoms with Crippen molar-refractivity contribution in [3.8, 4) is 0 Å². The van der Waals surface area contributed by atoms with Crippen molar-refractivity contribution in [2.24, 2.45) is 11.8 Å². The van der Waals surface area contributed by atoms with Crippen molar-refractivity contribution in [3.63, 3.8) is 0 Å². The predicted molar refractivity (Wildman–Crippen MR) is 111 cm³/mol. The van der Waals surface area contributed by atoms with Gasteiger partial charge in [-0.1, -0.05) is 53.4 Å². The first kappa shape index (κ1) is 26.4. The van der Waals surface area contributed by atoms with Crippen LogP contribution in [0.15, 0.2) is 0 Å².